The second-order valence-electron chi connectivity index (χ2n) is 9.55. The summed E-state index contributed by atoms with van der Waals surface area (Å²) in [5.41, 5.74) is 11.8. The van der Waals surface area contributed by atoms with E-state index in [0.29, 0.717) is 0 Å². The van der Waals surface area contributed by atoms with E-state index >= 15 is 0 Å². The highest BCUT2D eigenvalue weighted by Gasteiger charge is 2.44. The largest absolute Gasteiger partial charge is 0.457 e. The van der Waals surface area contributed by atoms with Crippen LogP contribution in [0.2, 0.25) is 0 Å². The molecule has 1 N–H and O–H groups in total. The molecule has 1 fully saturated rings. The fraction of sp³-hybridized carbons (Fsp3) is 0.156. The summed E-state index contributed by atoms with van der Waals surface area (Å²) >= 11 is 4.00. The number of fused-ring (bicyclic) bond motifs is 1. The Labute approximate surface area is 226 Å². The Balaban J connectivity index is 1.38. The van der Waals surface area contributed by atoms with Gasteiger partial charge in [-0.1, -0.05) is 88.2 Å². The monoisotopic (exact) mass is 549 g/mol. The number of hydrazine groups is 1. The first-order valence-electron chi connectivity index (χ1n) is 12.5. The van der Waals surface area contributed by atoms with Crippen LogP contribution in [-0.4, -0.2) is 21.7 Å². The molecule has 2 heterocycles. The van der Waals surface area contributed by atoms with Gasteiger partial charge in [0, 0.05) is 11.1 Å². The number of halogens is 1. The summed E-state index contributed by atoms with van der Waals surface area (Å²) in [5.74, 6) is 1.63. The lowest BCUT2D eigenvalue weighted by Gasteiger charge is -2.32. The summed E-state index contributed by atoms with van der Waals surface area (Å²) in [5, 5.41) is 2.23. The molecule has 37 heavy (non-hydrogen) atoms. The molecule has 3 atom stereocenters. The van der Waals surface area contributed by atoms with Gasteiger partial charge < -0.3 is 4.74 Å². The van der Waals surface area contributed by atoms with Crippen LogP contribution >= 0.6 is 15.9 Å². The zero-order valence-corrected chi connectivity index (χ0v) is 22.4. The van der Waals surface area contributed by atoms with E-state index in [9.17, 15) is 0 Å². The lowest BCUT2D eigenvalue weighted by Crippen LogP contribution is -2.39. The van der Waals surface area contributed by atoms with Crippen molar-refractivity contribution in [1.29, 1.82) is 0 Å². The third-order valence-electron chi connectivity index (χ3n) is 6.90. The zero-order valence-electron chi connectivity index (χ0n) is 20.8. The third-order valence-corrected chi connectivity index (χ3v) is 7.90. The maximum atomic E-state index is 6.01. The van der Waals surface area contributed by atoms with Crippen LogP contribution in [0.3, 0.4) is 0 Å². The number of nitrogens with one attached hydrogen (secondary N) is 1. The van der Waals surface area contributed by atoms with E-state index in [0.717, 1.165) is 28.5 Å². The number of nitrogens with zero attached hydrogens (tertiary/aromatic N) is 2. The van der Waals surface area contributed by atoms with Crippen molar-refractivity contribution in [3.8, 4) is 11.5 Å². The minimum atomic E-state index is -0.0962. The number of aryl methyl sites for hydroxylation is 2. The first-order valence-corrected chi connectivity index (χ1v) is 13.4. The Bertz CT molecular complexity index is 1470. The molecular formula is C32H28BrN3O. The summed E-state index contributed by atoms with van der Waals surface area (Å²) in [6.07, 6.45) is 2.10. The topological polar surface area (TPSA) is 36.9 Å². The van der Waals surface area contributed by atoms with Crippen LogP contribution in [0, 0.1) is 13.8 Å². The van der Waals surface area contributed by atoms with Gasteiger partial charge in [-0.15, -0.1) is 0 Å². The molecule has 0 spiro atoms. The maximum absolute atomic E-state index is 6.01. The third kappa shape index (κ3) is 4.73. The molecule has 0 radical (unpaired) electrons. The molecule has 3 unspecified atom stereocenters. The highest BCUT2D eigenvalue weighted by atomic mass is 79.9. The standard InChI is InChI=1S/C32H28BrN3O/c1-21-13-18-27(22(2)19-21)29-20-28(23-14-16-26(17-15-23)37-25-11-7-4-8-12-25)34-32-30(33)31(35-36(29)32)24-9-5-3-6-10-24/h3-20,30-32,35H,1-2H3. The molecule has 0 aliphatic carbocycles. The number of hydrogen-bond donors (Lipinski definition) is 1. The molecule has 4 aromatic carbocycles. The minimum Gasteiger partial charge on any atom is -0.457 e. The molecule has 0 aromatic heterocycles. The number of para-hydroxylation sites is 1. The second kappa shape index (κ2) is 10.0. The Hall–Kier alpha value is -3.67. The molecule has 2 aliphatic rings. The van der Waals surface area contributed by atoms with Crippen LogP contribution in [0.5, 0.6) is 11.5 Å². The Morgan fingerprint density at radius 1 is 0.811 bits per heavy atom. The van der Waals surface area contributed by atoms with Gasteiger partial charge in [0.2, 0.25) is 0 Å². The van der Waals surface area contributed by atoms with Gasteiger partial charge in [-0.2, -0.15) is 0 Å². The van der Waals surface area contributed by atoms with Crippen molar-refractivity contribution in [3.05, 3.63) is 137 Å². The van der Waals surface area contributed by atoms with E-state index < -0.39 is 0 Å². The Kier molecular flexibility index (Phi) is 6.41. The van der Waals surface area contributed by atoms with Crippen molar-refractivity contribution in [2.75, 3.05) is 0 Å². The van der Waals surface area contributed by atoms with Gasteiger partial charge in [0.25, 0.3) is 0 Å². The maximum Gasteiger partial charge on any atom is 0.150 e. The van der Waals surface area contributed by atoms with Crippen LogP contribution < -0.4 is 10.2 Å². The number of ether oxygens (including phenoxy) is 1. The van der Waals surface area contributed by atoms with Crippen LogP contribution in [0.1, 0.15) is 33.9 Å². The average Bonchev–Trinajstić information content (AvgIpc) is 3.26. The molecule has 6 rings (SSSR count). The Morgan fingerprint density at radius 2 is 1.49 bits per heavy atom. The van der Waals surface area contributed by atoms with E-state index in [1.807, 2.05) is 42.5 Å². The highest BCUT2D eigenvalue weighted by molar-refractivity contribution is 9.09. The normalized spacial score (nSPS) is 20.7. The summed E-state index contributed by atoms with van der Waals surface area (Å²) in [6.45, 7) is 4.31. The lowest BCUT2D eigenvalue weighted by atomic mass is 9.98. The summed E-state index contributed by atoms with van der Waals surface area (Å²) in [6, 6.07) is 35.3. The molecule has 5 heteroatoms. The summed E-state index contributed by atoms with van der Waals surface area (Å²) in [4.78, 5) is 5.32. The van der Waals surface area contributed by atoms with Crippen molar-refractivity contribution < 1.29 is 4.74 Å². The average molecular weight is 550 g/mol. The smallest absolute Gasteiger partial charge is 0.150 e. The first-order chi connectivity index (χ1) is 18.1. The minimum absolute atomic E-state index is 0.0962. The van der Waals surface area contributed by atoms with E-state index in [1.165, 1.54) is 22.3 Å². The highest BCUT2D eigenvalue weighted by Crippen LogP contribution is 2.41. The number of alkyl halides is 1. The fourth-order valence-electron chi connectivity index (χ4n) is 5.04. The number of rotatable bonds is 5. The molecule has 2 aliphatic heterocycles. The number of allylic oxidation sites excluding steroid dienone is 1. The molecule has 4 nitrogen and oxygen atoms in total. The SMILES string of the molecule is Cc1ccc(C2=CC(c3ccc(Oc4ccccc4)cc3)=NC3C(Br)C(c4ccccc4)NN23)c(C)c1. The van der Waals surface area contributed by atoms with E-state index in [4.69, 9.17) is 9.73 Å². The Morgan fingerprint density at radius 3 is 2.19 bits per heavy atom. The predicted octanol–water partition coefficient (Wildman–Crippen LogP) is 7.59. The van der Waals surface area contributed by atoms with Gasteiger partial charge in [0.1, 0.15) is 11.5 Å². The van der Waals surface area contributed by atoms with Gasteiger partial charge in [-0.25, -0.2) is 5.43 Å². The van der Waals surface area contributed by atoms with E-state index in [-0.39, 0.29) is 17.0 Å². The quantitative estimate of drug-likeness (QED) is 0.260. The van der Waals surface area contributed by atoms with Crippen LogP contribution in [0.4, 0.5) is 0 Å². The van der Waals surface area contributed by atoms with Crippen molar-refractivity contribution in [3.63, 3.8) is 0 Å². The van der Waals surface area contributed by atoms with Gasteiger partial charge in [0.15, 0.2) is 6.17 Å². The predicted molar refractivity (Wildman–Crippen MR) is 154 cm³/mol. The molecule has 0 amide bonds. The first kappa shape index (κ1) is 23.7. The van der Waals surface area contributed by atoms with Crippen LogP contribution in [0.25, 0.3) is 5.70 Å². The fourth-order valence-corrected chi connectivity index (χ4v) is 5.81. The molecule has 0 saturated carbocycles. The van der Waals surface area contributed by atoms with Gasteiger partial charge in [-0.3, -0.25) is 10.0 Å². The summed E-state index contributed by atoms with van der Waals surface area (Å²) in [7, 11) is 0. The van der Waals surface area contributed by atoms with Crippen LogP contribution in [-0.2, 0) is 0 Å². The molecular weight excluding hydrogens is 522 g/mol. The number of hydrogen-bond acceptors (Lipinski definition) is 4. The molecule has 184 valence electrons. The van der Waals surface area contributed by atoms with Crippen molar-refractivity contribution in [2.45, 2.75) is 30.9 Å². The van der Waals surface area contributed by atoms with E-state index in [2.05, 4.69) is 107 Å². The molecule has 0 bridgehead atoms. The molecule has 1 saturated heterocycles. The second-order valence-corrected chi connectivity index (χ2v) is 10.6. The number of aliphatic imine (C=N–C) groups is 1. The van der Waals surface area contributed by atoms with Gasteiger partial charge >= 0.3 is 0 Å². The summed E-state index contributed by atoms with van der Waals surface area (Å²) < 4.78 is 6.01. The van der Waals surface area contributed by atoms with Crippen molar-refractivity contribution >= 4 is 27.3 Å². The van der Waals surface area contributed by atoms with Crippen LogP contribution in [0.15, 0.2) is 114 Å². The number of benzene rings is 4. The zero-order chi connectivity index (χ0) is 25.4. The van der Waals surface area contributed by atoms with Gasteiger partial charge in [-0.05, 0) is 67.4 Å². The van der Waals surface area contributed by atoms with Crippen molar-refractivity contribution in [2.24, 2.45) is 4.99 Å². The molecule has 4 aromatic rings. The van der Waals surface area contributed by atoms with Crippen molar-refractivity contribution in [1.82, 2.24) is 10.4 Å². The van der Waals surface area contributed by atoms with Gasteiger partial charge in [0.05, 0.1) is 22.3 Å². The lowest BCUT2D eigenvalue weighted by molar-refractivity contribution is 0.287. The van der Waals surface area contributed by atoms with E-state index in [1.54, 1.807) is 0 Å².